The maximum Gasteiger partial charge on any atom is 0.410 e. The van der Waals surface area contributed by atoms with Crippen molar-refractivity contribution >= 4 is 6.09 Å². The minimum Gasteiger partial charge on any atom is -0.450 e. The zero-order valence-corrected chi connectivity index (χ0v) is 7.39. The first-order chi connectivity index (χ1) is 5.08. The van der Waals surface area contributed by atoms with Crippen LogP contribution in [0.3, 0.4) is 0 Å². The summed E-state index contributed by atoms with van der Waals surface area (Å²) < 4.78 is 4.87. The van der Waals surface area contributed by atoms with Gasteiger partial charge in [-0.25, -0.2) is 4.79 Å². The van der Waals surface area contributed by atoms with Gasteiger partial charge in [0.2, 0.25) is 0 Å². The molecule has 0 spiro atoms. The van der Waals surface area contributed by atoms with Crippen molar-refractivity contribution in [2.45, 2.75) is 32.7 Å². The lowest BCUT2D eigenvalue weighted by Gasteiger charge is -2.47. The van der Waals surface area contributed by atoms with Gasteiger partial charge in [0.15, 0.2) is 0 Å². The van der Waals surface area contributed by atoms with Crippen molar-refractivity contribution in [3.8, 4) is 0 Å². The second kappa shape index (κ2) is 2.72. The molecule has 1 aliphatic heterocycles. The predicted octanol–water partition coefficient (Wildman–Crippen LogP) is 1.63. The molecule has 1 fully saturated rings. The van der Waals surface area contributed by atoms with Crippen molar-refractivity contribution in [1.82, 2.24) is 4.90 Å². The van der Waals surface area contributed by atoms with Gasteiger partial charge in [0.05, 0.1) is 6.61 Å². The molecule has 0 aromatic carbocycles. The van der Waals surface area contributed by atoms with E-state index < -0.39 is 0 Å². The molecule has 0 aromatic heterocycles. The van der Waals surface area contributed by atoms with Crippen LogP contribution in [-0.4, -0.2) is 29.7 Å². The molecular weight excluding hydrogens is 142 g/mol. The first kappa shape index (κ1) is 8.37. The van der Waals surface area contributed by atoms with E-state index in [1.54, 1.807) is 4.90 Å². The molecule has 1 saturated heterocycles. The van der Waals surface area contributed by atoms with Crippen molar-refractivity contribution in [2.75, 3.05) is 13.2 Å². The van der Waals surface area contributed by atoms with Crippen LogP contribution in [0.25, 0.3) is 0 Å². The lowest BCUT2D eigenvalue weighted by Crippen LogP contribution is -2.58. The third kappa shape index (κ3) is 1.47. The maximum absolute atomic E-state index is 11.1. The summed E-state index contributed by atoms with van der Waals surface area (Å²) in [5.74, 6) is 0. The van der Waals surface area contributed by atoms with E-state index in [1.807, 2.05) is 20.8 Å². The summed E-state index contributed by atoms with van der Waals surface area (Å²) in [5, 5.41) is 0. The van der Waals surface area contributed by atoms with E-state index in [0.29, 0.717) is 6.61 Å². The third-order valence-electron chi connectivity index (χ3n) is 2.17. The second-order valence-corrected chi connectivity index (χ2v) is 3.41. The van der Waals surface area contributed by atoms with Crippen LogP contribution in [0.15, 0.2) is 0 Å². The molecule has 11 heavy (non-hydrogen) atoms. The molecule has 0 unspecified atom stereocenters. The summed E-state index contributed by atoms with van der Waals surface area (Å²) in [6.07, 6.45) is 0.898. The quantitative estimate of drug-likeness (QED) is 0.579. The van der Waals surface area contributed by atoms with Crippen molar-refractivity contribution in [3.63, 3.8) is 0 Å². The van der Waals surface area contributed by atoms with Gasteiger partial charge in [0.25, 0.3) is 0 Å². The Kier molecular flexibility index (Phi) is 2.07. The number of likely N-dealkylation sites (tertiary alicyclic amines) is 1. The van der Waals surface area contributed by atoms with Gasteiger partial charge in [-0.2, -0.15) is 0 Å². The fourth-order valence-corrected chi connectivity index (χ4v) is 1.21. The molecule has 0 aromatic rings. The number of hydrogen-bond acceptors (Lipinski definition) is 2. The number of ether oxygens (including phenoxy) is 1. The molecule has 0 saturated carbocycles. The van der Waals surface area contributed by atoms with Gasteiger partial charge in [-0.1, -0.05) is 0 Å². The molecule has 1 amide bonds. The Bertz CT molecular complexity index is 165. The van der Waals surface area contributed by atoms with Gasteiger partial charge in [0.1, 0.15) is 0 Å². The molecule has 0 radical (unpaired) electrons. The Morgan fingerprint density at radius 1 is 1.64 bits per heavy atom. The average Bonchev–Trinajstić information content (AvgIpc) is 1.86. The van der Waals surface area contributed by atoms with E-state index in [0.717, 1.165) is 13.0 Å². The first-order valence-electron chi connectivity index (χ1n) is 4.02. The zero-order chi connectivity index (χ0) is 8.48. The molecule has 64 valence electrons. The van der Waals surface area contributed by atoms with Crippen molar-refractivity contribution < 1.29 is 9.53 Å². The van der Waals surface area contributed by atoms with Gasteiger partial charge in [-0.15, -0.1) is 0 Å². The number of amides is 1. The van der Waals surface area contributed by atoms with E-state index in [4.69, 9.17) is 4.74 Å². The number of nitrogens with zero attached hydrogens (tertiary/aromatic N) is 1. The lowest BCUT2D eigenvalue weighted by atomic mass is 9.90. The van der Waals surface area contributed by atoms with Crippen LogP contribution in [0.2, 0.25) is 0 Å². The predicted molar refractivity (Wildman–Crippen MR) is 42.4 cm³/mol. The van der Waals surface area contributed by atoms with Gasteiger partial charge in [-0.05, 0) is 27.2 Å². The normalized spacial score (nSPS) is 20.8. The van der Waals surface area contributed by atoms with Gasteiger partial charge in [0, 0.05) is 12.1 Å². The molecular formula is C8H15NO2. The summed E-state index contributed by atoms with van der Waals surface area (Å²) in [5.41, 5.74) is 0.0201. The molecule has 1 heterocycles. The third-order valence-corrected chi connectivity index (χ3v) is 2.17. The van der Waals surface area contributed by atoms with Crippen LogP contribution in [0.4, 0.5) is 4.79 Å². The molecule has 3 nitrogen and oxygen atoms in total. The Morgan fingerprint density at radius 2 is 2.27 bits per heavy atom. The van der Waals surface area contributed by atoms with E-state index in [2.05, 4.69) is 0 Å². The molecule has 0 aliphatic carbocycles. The molecule has 0 bridgehead atoms. The van der Waals surface area contributed by atoms with E-state index in [-0.39, 0.29) is 11.6 Å². The Hall–Kier alpha value is -0.730. The minimum atomic E-state index is -0.177. The molecule has 1 aliphatic rings. The zero-order valence-electron chi connectivity index (χ0n) is 7.39. The fraction of sp³-hybridized carbons (Fsp3) is 0.875. The van der Waals surface area contributed by atoms with Crippen LogP contribution in [0.5, 0.6) is 0 Å². The standard InChI is InChI=1S/C8H15NO2/c1-4-11-7(10)9-6-5-8(9,2)3/h4-6H2,1-3H3. The molecule has 3 heteroatoms. The first-order valence-corrected chi connectivity index (χ1v) is 4.02. The van der Waals surface area contributed by atoms with Crippen molar-refractivity contribution in [1.29, 1.82) is 0 Å². The van der Waals surface area contributed by atoms with Gasteiger partial charge in [-0.3, -0.25) is 0 Å². The maximum atomic E-state index is 11.1. The average molecular weight is 157 g/mol. The van der Waals surface area contributed by atoms with Crippen LogP contribution < -0.4 is 0 Å². The monoisotopic (exact) mass is 157 g/mol. The summed E-state index contributed by atoms with van der Waals surface area (Å²) in [6, 6.07) is 0. The number of rotatable bonds is 1. The Balaban J connectivity index is 2.43. The van der Waals surface area contributed by atoms with E-state index in [1.165, 1.54) is 0 Å². The highest BCUT2D eigenvalue weighted by Gasteiger charge is 2.40. The molecule has 1 rings (SSSR count). The Morgan fingerprint density at radius 3 is 2.55 bits per heavy atom. The number of carbonyl (C=O) groups is 1. The van der Waals surface area contributed by atoms with Crippen molar-refractivity contribution in [2.24, 2.45) is 0 Å². The molecule has 0 atom stereocenters. The number of hydrogen-bond donors (Lipinski definition) is 0. The van der Waals surface area contributed by atoms with E-state index >= 15 is 0 Å². The summed E-state index contributed by atoms with van der Waals surface area (Å²) in [7, 11) is 0. The fourth-order valence-electron chi connectivity index (χ4n) is 1.21. The summed E-state index contributed by atoms with van der Waals surface area (Å²) >= 11 is 0. The van der Waals surface area contributed by atoms with Crippen LogP contribution in [0.1, 0.15) is 27.2 Å². The van der Waals surface area contributed by atoms with Crippen LogP contribution >= 0.6 is 0 Å². The topological polar surface area (TPSA) is 29.5 Å². The smallest absolute Gasteiger partial charge is 0.410 e. The van der Waals surface area contributed by atoms with Crippen LogP contribution in [-0.2, 0) is 4.74 Å². The SMILES string of the molecule is CCOC(=O)N1CCC1(C)C. The molecule has 0 N–H and O–H groups in total. The Labute approximate surface area is 67.3 Å². The van der Waals surface area contributed by atoms with Gasteiger partial charge < -0.3 is 9.64 Å². The lowest BCUT2D eigenvalue weighted by molar-refractivity contribution is 0.00850. The van der Waals surface area contributed by atoms with Crippen LogP contribution in [0, 0.1) is 0 Å². The second-order valence-electron chi connectivity index (χ2n) is 3.41. The number of carbonyl (C=O) groups excluding carboxylic acids is 1. The largest absolute Gasteiger partial charge is 0.450 e. The summed E-state index contributed by atoms with van der Waals surface area (Å²) in [6.45, 7) is 7.22. The van der Waals surface area contributed by atoms with E-state index in [9.17, 15) is 4.79 Å². The summed E-state index contributed by atoms with van der Waals surface area (Å²) in [4.78, 5) is 12.9. The minimum absolute atomic E-state index is 0.0201. The van der Waals surface area contributed by atoms with Gasteiger partial charge >= 0.3 is 6.09 Å². The highest BCUT2D eigenvalue weighted by atomic mass is 16.6. The van der Waals surface area contributed by atoms with Crippen molar-refractivity contribution in [3.05, 3.63) is 0 Å². The highest BCUT2D eigenvalue weighted by molar-refractivity contribution is 5.69. The highest BCUT2D eigenvalue weighted by Crippen LogP contribution is 2.29.